The van der Waals surface area contributed by atoms with Gasteiger partial charge in [0, 0.05) is 16.0 Å². The van der Waals surface area contributed by atoms with Gasteiger partial charge in [-0.3, -0.25) is 0 Å². The Morgan fingerprint density at radius 2 is 1.76 bits per heavy atom. The molecular formula is C27H36F2NO2PS. The summed E-state index contributed by atoms with van der Waals surface area (Å²) in [6, 6.07) is 12.6. The van der Waals surface area contributed by atoms with E-state index in [1.807, 2.05) is 26.8 Å². The van der Waals surface area contributed by atoms with E-state index in [4.69, 9.17) is 14.8 Å². The normalized spacial score (nSPS) is 11.4. The molecule has 0 saturated carbocycles. The summed E-state index contributed by atoms with van der Waals surface area (Å²) in [6.07, 6.45) is 2.87. The number of hydrogen-bond donors (Lipinski definition) is 1. The summed E-state index contributed by atoms with van der Waals surface area (Å²) >= 11 is 1.66. The molecule has 1 atom stereocenters. The standard InChI is InChI=1S/C25H30F2NO2PS.C2H6/c1-16(2)23-22(6-4-5-18-7-12-21(17(3)15-18)30-14-13-29)32-24(28-23)19-8-10-20(11-9-19)25(26,27)31;1-2/h7-12,15-16,29H,4-6,13-14,31H2,1-3H3;1-2H3. The molecule has 1 heterocycles. The molecule has 0 spiro atoms. The van der Waals surface area contributed by atoms with Gasteiger partial charge in [0.25, 0.3) is 5.66 Å². The number of thiazole rings is 1. The lowest BCUT2D eigenvalue weighted by molar-refractivity contribution is 0.104. The average Bonchev–Trinajstić information content (AvgIpc) is 3.24. The van der Waals surface area contributed by atoms with Gasteiger partial charge in [-0.1, -0.05) is 73.3 Å². The van der Waals surface area contributed by atoms with E-state index in [1.165, 1.54) is 22.6 Å². The van der Waals surface area contributed by atoms with Crippen LogP contribution in [0.25, 0.3) is 10.6 Å². The van der Waals surface area contributed by atoms with Gasteiger partial charge < -0.3 is 9.84 Å². The fourth-order valence-electron chi connectivity index (χ4n) is 3.59. The summed E-state index contributed by atoms with van der Waals surface area (Å²) in [4.78, 5) is 6.10. The predicted octanol–water partition coefficient (Wildman–Crippen LogP) is 7.74. The highest BCUT2D eigenvalue weighted by Gasteiger charge is 2.24. The number of rotatable bonds is 10. The van der Waals surface area contributed by atoms with Crippen molar-refractivity contribution in [3.63, 3.8) is 0 Å². The number of benzene rings is 2. The topological polar surface area (TPSA) is 42.4 Å². The highest BCUT2D eigenvalue weighted by Crippen LogP contribution is 2.37. The molecule has 0 aliphatic carbocycles. The van der Waals surface area contributed by atoms with Crippen molar-refractivity contribution in [3.05, 3.63) is 69.7 Å². The Morgan fingerprint density at radius 1 is 1.09 bits per heavy atom. The van der Waals surface area contributed by atoms with Gasteiger partial charge in [0.05, 0.1) is 12.3 Å². The second-order valence-corrected chi connectivity index (χ2v) is 10.0. The van der Waals surface area contributed by atoms with Gasteiger partial charge in [-0.15, -0.1) is 11.3 Å². The van der Waals surface area contributed by atoms with Crippen molar-refractivity contribution in [2.24, 2.45) is 0 Å². The lowest BCUT2D eigenvalue weighted by Crippen LogP contribution is -2.03. The van der Waals surface area contributed by atoms with Crippen LogP contribution in [0.4, 0.5) is 8.78 Å². The molecular weight excluding hydrogens is 471 g/mol. The van der Waals surface area contributed by atoms with Crippen LogP contribution in [-0.4, -0.2) is 23.3 Å². The number of halogens is 2. The lowest BCUT2D eigenvalue weighted by atomic mass is 10.0. The molecule has 7 heteroatoms. The Kier molecular flexibility index (Phi) is 11.1. The molecule has 0 aliphatic rings. The summed E-state index contributed by atoms with van der Waals surface area (Å²) in [5, 5.41) is 9.80. The van der Waals surface area contributed by atoms with Crippen molar-refractivity contribution in [1.82, 2.24) is 4.98 Å². The maximum absolute atomic E-state index is 13.5. The molecule has 186 valence electrons. The zero-order chi connectivity index (χ0) is 25.3. The smallest absolute Gasteiger partial charge is 0.283 e. The van der Waals surface area contributed by atoms with Gasteiger partial charge in [-0.2, -0.15) is 8.78 Å². The third-order valence-corrected chi connectivity index (χ3v) is 6.76. The fourth-order valence-corrected chi connectivity index (χ4v) is 5.05. The quantitative estimate of drug-likeness (QED) is 0.286. The van der Waals surface area contributed by atoms with Crippen LogP contribution in [0.3, 0.4) is 0 Å². The minimum atomic E-state index is -2.92. The van der Waals surface area contributed by atoms with E-state index < -0.39 is 5.66 Å². The first-order chi connectivity index (χ1) is 16.2. The van der Waals surface area contributed by atoms with Crippen LogP contribution < -0.4 is 4.74 Å². The summed E-state index contributed by atoms with van der Waals surface area (Å²) < 4.78 is 32.5. The number of aliphatic hydroxyl groups excluding tert-OH is 1. The monoisotopic (exact) mass is 507 g/mol. The number of ether oxygens (including phenoxy) is 1. The summed E-state index contributed by atoms with van der Waals surface area (Å²) in [6.45, 7) is 10.6. The second-order valence-electron chi connectivity index (χ2n) is 8.21. The fraction of sp³-hybridized carbons (Fsp3) is 0.444. The Balaban J connectivity index is 0.00000199. The first-order valence-electron chi connectivity index (χ1n) is 11.8. The highest BCUT2D eigenvalue weighted by atomic mass is 32.1. The van der Waals surface area contributed by atoms with Gasteiger partial charge in [0.15, 0.2) is 0 Å². The second kappa shape index (κ2) is 13.3. The molecule has 3 nitrogen and oxygen atoms in total. The van der Waals surface area contributed by atoms with E-state index in [9.17, 15) is 8.78 Å². The van der Waals surface area contributed by atoms with Gasteiger partial charge >= 0.3 is 0 Å². The molecule has 3 rings (SSSR count). The average molecular weight is 508 g/mol. The van der Waals surface area contributed by atoms with E-state index in [2.05, 4.69) is 26.0 Å². The van der Waals surface area contributed by atoms with Crippen molar-refractivity contribution < 1.29 is 18.6 Å². The number of aliphatic hydroxyl groups is 1. The first kappa shape index (κ1) is 28.4. The third-order valence-electron chi connectivity index (χ3n) is 5.25. The largest absolute Gasteiger partial charge is 0.491 e. The van der Waals surface area contributed by atoms with Crippen LogP contribution in [0, 0.1) is 6.92 Å². The van der Waals surface area contributed by atoms with Crippen molar-refractivity contribution in [3.8, 4) is 16.3 Å². The summed E-state index contributed by atoms with van der Waals surface area (Å²) in [5.41, 5.74) is 1.35. The molecule has 0 aliphatic heterocycles. The van der Waals surface area contributed by atoms with Crippen LogP contribution in [0.15, 0.2) is 42.5 Å². The van der Waals surface area contributed by atoms with Crippen LogP contribution in [0.1, 0.15) is 67.3 Å². The van der Waals surface area contributed by atoms with Crippen molar-refractivity contribution in [2.75, 3.05) is 13.2 Å². The van der Waals surface area contributed by atoms with E-state index in [0.29, 0.717) is 12.5 Å². The Hall–Kier alpha value is -1.88. The number of aromatic nitrogens is 1. The SMILES string of the molecule is CC.Cc1cc(CCCc2sc(-c3ccc(C(F)(F)P)cc3)nc2C(C)C)ccc1OCCO. The predicted molar refractivity (Wildman–Crippen MR) is 142 cm³/mol. The number of alkyl halides is 2. The maximum atomic E-state index is 13.5. The van der Waals surface area contributed by atoms with Crippen LogP contribution in [-0.2, 0) is 18.5 Å². The van der Waals surface area contributed by atoms with Gasteiger partial charge in [-0.05, 0) is 49.3 Å². The molecule has 1 unspecified atom stereocenters. The highest BCUT2D eigenvalue weighted by molar-refractivity contribution is 7.17. The molecule has 2 aromatic carbocycles. The molecule has 34 heavy (non-hydrogen) atoms. The van der Waals surface area contributed by atoms with Crippen molar-refractivity contribution >= 4 is 20.6 Å². The van der Waals surface area contributed by atoms with Crippen LogP contribution in [0.5, 0.6) is 5.75 Å². The van der Waals surface area contributed by atoms with Gasteiger partial charge in [-0.25, -0.2) is 4.98 Å². The molecule has 1 N–H and O–H groups in total. The van der Waals surface area contributed by atoms with E-state index in [-0.39, 0.29) is 12.2 Å². The molecule has 1 aromatic heterocycles. The van der Waals surface area contributed by atoms with Crippen LogP contribution in [0.2, 0.25) is 0 Å². The molecule has 3 aromatic rings. The minimum absolute atomic E-state index is 0.00447. The van der Waals surface area contributed by atoms with E-state index in [0.717, 1.165) is 46.8 Å². The number of hydrogen-bond acceptors (Lipinski definition) is 4. The molecule has 0 amide bonds. The molecule has 0 bridgehead atoms. The zero-order valence-electron chi connectivity index (χ0n) is 20.7. The third kappa shape index (κ3) is 7.83. The summed E-state index contributed by atoms with van der Waals surface area (Å²) in [7, 11) is 1.58. The molecule has 0 radical (unpaired) electrons. The maximum Gasteiger partial charge on any atom is 0.283 e. The van der Waals surface area contributed by atoms with E-state index >= 15 is 0 Å². The minimum Gasteiger partial charge on any atom is -0.491 e. The number of aryl methyl sites for hydroxylation is 3. The Morgan fingerprint density at radius 3 is 2.32 bits per heavy atom. The van der Waals surface area contributed by atoms with E-state index in [1.54, 1.807) is 32.7 Å². The van der Waals surface area contributed by atoms with Gasteiger partial charge in [0.1, 0.15) is 17.4 Å². The van der Waals surface area contributed by atoms with Gasteiger partial charge in [0.2, 0.25) is 0 Å². The number of nitrogens with zero attached hydrogens (tertiary/aromatic N) is 1. The zero-order valence-corrected chi connectivity index (χ0v) is 22.7. The van der Waals surface area contributed by atoms with Crippen molar-refractivity contribution in [2.45, 2.75) is 65.5 Å². The molecule has 0 fully saturated rings. The summed E-state index contributed by atoms with van der Waals surface area (Å²) in [5.74, 6) is 1.11. The molecule has 0 saturated heterocycles. The van der Waals surface area contributed by atoms with Crippen molar-refractivity contribution in [1.29, 1.82) is 0 Å². The Labute approximate surface area is 208 Å². The lowest BCUT2D eigenvalue weighted by Gasteiger charge is -2.10. The Bertz CT molecular complexity index is 1030. The van der Waals surface area contributed by atoms with Crippen LogP contribution >= 0.6 is 20.6 Å². The first-order valence-corrected chi connectivity index (χ1v) is 13.2.